The molecular formula is C23H22N2O3. The van der Waals surface area contributed by atoms with E-state index in [-0.39, 0.29) is 12.1 Å². The summed E-state index contributed by atoms with van der Waals surface area (Å²) >= 11 is 0. The molecule has 2 aromatic carbocycles. The molecule has 2 aromatic heterocycles. The lowest BCUT2D eigenvalue weighted by Gasteiger charge is -2.14. The molecule has 0 fully saturated rings. The third-order valence-electron chi connectivity index (χ3n) is 5.16. The van der Waals surface area contributed by atoms with E-state index in [0.29, 0.717) is 22.4 Å². The smallest absolute Gasteiger partial charge is 0.336 e. The van der Waals surface area contributed by atoms with Gasteiger partial charge in [-0.2, -0.15) is 0 Å². The third kappa shape index (κ3) is 3.13. The van der Waals surface area contributed by atoms with Crippen LogP contribution in [0, 0.1) is 13.8 Å². The molecule has 0 saturated heterocycles. The van der Waals surface area contributed by atoms with Gasteiger partial charge in [-0.3, -0.25) is 9.36 Å². The summed E-state index contributed by atoms with van der Waals surface area (Å²) < 4.78 is 6.96. The van der Waals surface area contributed by atoms with E-state index >= 15 is 0 Å². The molecule has 0 aliphatic rings. The summed E-state index contributed by atoms with van der Waals surface area (Å²) in [6.45, 7) is 8.49. The van der Waals surface area contributed by atoms with Crippen LogP contribution >= 0.6 is 0 Å². The van der Waals surface area contributed by atoms with Gasteiger partial charge in [-0.1, -0.05) is 25.5 Å². The van der Waals surface area contributed by atoms with Gasteiger partial charge in [0.05, 0.1) is 23.8 Å². The zero-order chi connectivity index (χ0) is 20.0. The Morgan fingerprint density at radius 1 is 1.04 bits per heavy atom. The van der Waals surface area contributed by atoms with Crippen LogP contribution in [0.2, 0.25) is 0 Å². The van der Waals surface area contributed by atoms with Crippen molar-refractivity contribution in [1.82, 2.24) is 9.55 Å². The van der Waals surface area contributed by atoms with Crippen molar-refractivity contribution in [1.29, 1.82) is 0 Å². The van der Waals surface area contributed by atoms with E-state index in [9.17, 15) is 9.59 Å². The first-order chi connectivity index (χ1) is 13.3. The van der Waals surface area contributed by atoms with Gasteiger partial charge in [-0.05, 0) is 60.7 Å². The van der Waals surface area contributed by atoms with Crippen molar-refractivity contribution in [3.8, 4) is 0 Å². The number of hydrogen-bond donors (Lipinski definition) is 0. The van der Waals surface area contributed by atoms with Gasteiger partial charge in [-0.25, -0.2) is 9.78 Å². The van der Waals surface area contributed by atoms with E-state index in [1.807, 2.05) is 38.1 Å². The molecule has 4 aromatic rings. The Labute approximate surface area is 162 Å². The molecule has 0 amide bonds. The summed E-state index contributed by atoms with van der Waals surface area (Å²) in [6, 6.07) is 11.1. The minimum absolute atomic E-state index is 0.119. The van der Waals surface area contributed by atoms with Crippen LogP contribution in [0.1, 0.15) is 42.0 Å². The molecule has 0 N–H and O–H groups in total. The highest BCUT2D eigenvalue weighted by Gasteiger charge is 2.13. The van der Waals surface area contributed by atoms with Gasteiger partial charge >= 0.3 is 5.63 Å². The molecule has 0 unspecified atom stereocenters. The molecule has 5 heteroatoms. The van der Waals surface area contributed by atoms with Crippen LogP contribution in [0.4, 0.5) is 0 Å². The lowest BCUT2D eigenvalue weighted by molar-refractivity contribution is 0.556. The van der Waals surface area contributed by atoms with Gasteiger partial charge in [-0.15, -0.1) is 0 Å². The Hall–Kier alpha value is -3.21. The van der Waals surface area contributed by atoms with Crippen LogP contribution in [0.5, 0.6) is 0 Å². The van der Waals surface area contributed by atoms with Gasteiger partial charge in [0.1, 0.15) is 5.58 Å². The summed E-state index contributed by atoms with van der Waals surface area (Å²) in [7, 11) is 0. The summed E-state index contributed by atoms with van der Waals surface area (Å²) in [6.07, 6.45) is 1.54. The molecule has 142 valence electrons. The summed E-state index contributed by atoms with van der Waals surface area (Å²) in [5.74, 6) is 0.345. The van der Waals surface area contributed by atoms with Crippen molar-refractivity contribution in [3.63, 3.8) is 0 Å². The lowest BCUT2D eigenvalue weighted by Crippen LogP contribution is -2.22. The minimum atomic E-state index is -0.420. The zero-order valence-electron chi connectivity index (χ0n) is 16.4. The highest BCUT2D eigenvalue weighted by Crippen LogP contribution is 2.27. The van der Waals surface area contributed by atoms with Crippen LogP contribution < -0.4 is 11.2 Å². The number of nitrogens with zero attached hydrogens (tertiary/aromatic N) is 2. The highest BCUT2D eigenvalue weighted by molar-refractivity contribution is 5.82. The Morgan fingerprint density at radius 2 is 1.82 bits per heavy atom. The van der Waals surface area contributed by atoms with E-state index in [0.717, 1.165) is 22.1 Å². The first-order valence-electron chi connectivity index (χ1n) is 9.36. The average molecular weight is 374 g/mol. The van der Waals surface area contributed by atoms with Crippen LogP contribution in [0.3, 0.4) is 0 Å². The largest absolute Gasteiger partial charge is 0.423 e. The normalized spacial score (nSPS) is 11.6. The lowest BCUT2D eigenvalue weighted by atomic mass is 9.95. The number of aryl methyl sites for hydroxylation is 2. The van der Waals surface area contributed by atoms with Crippen molar-refractivity contribution >= 4 is 21.9 Å². The number of rotatable bonds is 3. The number of benzene rings is 2. The van der Waals surface area contributed by atoms with Crippen molar-refractivity contribution < 1.29 is 4.42 Å². The molecule has 0 saturated carbocycles. The molecular weight excluding hydrogens is 352 g/mol. The standard InChI is InChI=1S/C23H22N2O3/c1-13(2)17-10-18-16(9-22(26)28-21(18)8-15(17)4)11-25-12-24-20-6-5-14(3)7-19(20)23(25)27/h5-10,12-13H,11H2,1-4H3. The number of hydrogen-bond acceptors (Lipinski definition) is 4. The Balaban J connectivity index is 1.91. The molecule has 0 bridgehead atoms. The van der Waals surface area contributed by atoms with E-state index in [2.05, 4.69) is 24.9 Å². The van der Waals surface area contributed by atoms with Gasteiger partial charge in [0, 0.05) is 11.5 Å². The van der Waals surface area contributed by atoms with E-state index < -0.39 is 5.63 Å². The molecule has 0 atom stereocenters. The van der Waals surface area contributed by atoms with Crippen molar-refractivity contribution in [2.45, 2.75) is 40.2 Å². The summed E-state index contributed by atoms with van der Waals surface area (Å²) in [4.78, 5) is 29.5. The van der Waals surface area contributed by atoms with Crippen LogP contribution in [-0.2, 0) is 6.54 Å². The second-order valence-corrected chi connectivity index (χ2v) is 7.65. The van der Waals surface area contributed by atoms with Gasteiger partial charge in [0.15, 0.2) is 0 Å². The maximum atomic E-state index is 13.0. The molecule has 0 aliphatic heterocycles. The van der Waals surface area contributed by atoms with Crippen LogP contribution in [0.15, 0.2) is 56.7 Å². The molecule has 0 spiro atoms. The maximum absolute atomic E-state index is 13.0. The zero-order valence-corrected chi connectivity index (χ0v) is 16.4. The first kappa shape index (κ1) is 18.2. The summed E-state index contributed by atoms with van der Waals surface area (Å²) in [5, 5.41) is 1.43. The third-order valence-corrected chi connectivity index (χ3v) is 5.16. The molecule has 0 aliphatic carbocycles. The fourth-order valence-electron chi connectivity index (χ4n) is 3.71. The predicted molar refractivity (Wildman–Crippen MR) is 111 cm³/mol. The molecule has 0 radical (unpaired) electrons. The first-order valence-corrected chi connectivity index (χ1v) is 9.36. The average Bonchev–Trinajstić information content (AvgIpc) is 2.63. The Morgan fingerprint density at radius 3 is 2.57 bits per heavy atom. The van der Waals surface area contributed by atoms with Gasteiger partial charge < -0.3 is 4.42 Å². The molecule has 4 rings (SSSR count). The SMILES string of the molecule is Cc1ccc2ncn(Cc3cc(=O)oc4cc(C)c(C(C)C)cc34)c(=O)c2c1. The minimum Gasteiger partial charge on any atom is -0.423 e. The predicted octanol–water partition coefficient (Wildman–Crippen LogP) is 4.29. The fraction of sp³-hybridized carbons (Fsp3) is 0.261. The van der Waals surface area contributed by atoms with Crippen molar-refractivity contribution in [2.24, 2.45) is 0 Å². The maximum Gasteiger partial charge on any atom is 0.336 e. The Bertz CT molecular complexity index is 1330. The highest BCUT2D eigenvalue weighted by atomic mass is 16.4. The number of fused-ring (bicyclic) bond motifs is 2. The van der Waals surface area contributed by atoms with Crippen molar-refractivity contribution in [3.05, 3.63) is 85.8 Å². The van der Waals surface area contributed by atoms with Gasteiger partial charge in [0.2, 0.25) is 0 Å². The van der Waals surface area contributed by atoms with E-state index in [4.69, 9.17) is 4.42 Å². The van der Waals surface area contributed by atoms with E-state index in [1.54, 1.807) is 4.57 Å². The molecule has 28 heavy (non-hydrogen) atoms. The Kier molecular flexibility index (Phi) is 4.38. The van der Waals surface area contributed by atoms with Crippen molar-refractivity contribution in [2.75, 3.05) is 0 Å². The van der Waals surface area contributed by atoms with Crippen LogP contribution in [0.25, 0.3) is 21.9 Å². The topological polar surface area (TPSA) is 65.1 Å². The second kappa shape index (κ2) is 6.75. The van der Waals surface area contributed by atoms with E-state index in [1.165, 1.54) is 18.0 Å². The number of aromatic nitrogens is 2. The quantitative estimate of drug-likeness (QED) is 0.502. The summed E-state index contributed by atoms with van der Waals surface area (Å²) in [5.41, 5.74) is 4.72. The monoisotopic (exact) mass is 374 g/mol. The van der Waals surface area contributed by atoms with Gasteiger partial charge in [0.25, 0.3) is 5.56 Å². The molecule has 5 nitrogen and oxygen atoms in total. The fourth-order valence-corrected chi connectivity index (χ4v) is 3.71. The molecule has 2 heterocycles. The second-order valence-electron chi connectivity index (χ2n) is 7.65. The van der Waals surface area contributed by atoms with Crippen LogP contribution in [-0.4, -0.2) is 9.55 Å².